The first-order chi connectivity index (χ1) is 15.2. The Morgan fingerprint density at radius 1 is 1.03 bits per heavy atom. The molecule has 31 heavy (non-hydrogen) atoms. The van der Waals surface area contributed by atoms with Crippen LogP contribution in [0.4, 0.5) is 0 Å². The van der Waals surface area contributed by atoms with Gasteiger partial charge in [-0.15, -0.1) is 5.10 Å². The Labute approximate surface area is 182 Å². The minimum absolute atomic E-state index is 0.0275. The highest BCUT2D eigenvalue weighted by Crippen LogP contribution is 2.21. The molecule has 0 radical (unpaired) electrons. The first-order valence-corrected chi connectivity index (χ1v) is 9.73. The van der Waals surface area contributed by atoms with E-state index in [1.54, 1.807) is 36.4 Å². The third-order valence-corrected chi connectivity index (χ3v) is 4.41. The molecule has 0 aliphatic carbocycles. The quantitative estimate of drug-likeness (QED) is 0.232. The molecule has 2 heterocycles. The zero-order valence-corrected chi connectivity index (χ0v) is 17.0. The number of aromatic nitrogens is 4. The smallest absolute Gasteiger partial charge is 0.357 e. The second-order valence-corrected chi connectivity index (χ2v) is 6.70. The highest BCUT2D eigenvalue weighted by atomic mass is 35.5. The molecule has 0 unspecified atom stereocenters. The van der Waals surface area contributed by atoms with Crippen LogP contribution in [-0.2, 0) is 9.53 Å². The van der Waals surface area contributed by atoms with Crippen LogP contribution < -0.4 is 4.74 Å². The maximum absolute atomic E-state index is 12.9. The summed E-state index contributed by atoms with van der Waals surface area (Å²) in [6.45, 7) is 0.197. The van der Waals surface area contributed by atoms with Crippen molar-refractivity contribution in [2.45, 2.75) is 0 Å². The molecule has 0 saturated heterocycles. The molecule has 8 nitrogen and oxygen atoms in total. The third-order valence-electron chi connectivity index (χ3n) is 4.16. The Kier molecular flexibility index (Phi) is 6.39. The molecule has 9 heteroatoms. The van der Waals surface area contributed by atoms with Gasteiger partial charge in [-0.1, -0.05) is 41.9 Å². The highest BCUT2D eigenvalue weighted by Gasteiger charge is 2.21. The van der Waals surface area contributed by atoms with Crippen molar-refractivity contribution in [1.29, 1.82) is 0 Å². The lowest BCUT2D eigenvalue weighted by Crippen LogP contribution is -2.18. The Morgan fingerprint density at radius 2 is 1.84 bits per heavy atom. The van der Waals surface area contributed by atoms with E-state index >= 15 is 0 Å². The molecule has 4 aromatic rings. The van der Waals surface area contributed by atoms with Gasteiger partial charge >= 0.3 is 5.97 Å². The number of esters is 1. The molecule has 0 fully saturated rings. The molecule has 0 aliphatic rings. The predicted octanol–water partition coefficient (Wildman–Crippen LogP) is 4.21. The van der Waals surface area contributed by atoms with Gasteiger partial charge in [0, 0.05) is 16.7 Å². The number of hydrogen-bond acceptors (Lipinski definition) is 7. The van der Waals surface area contributed by atoms with Crippen molar-refractivity contribution in [3.05, 3.63) is 83.8 Å². The lowest BCUT2D eigenvalue weighted by molar-refractivity contribution is -0.137. The van der Waals surface area contributed by atoms with Crippen molar-refractivity contribution in [1.82, 2.24) is 20.2 Å². The van der Waals surface area contributed by atoms with Crippen molar-refractivity contribution in [2.24, 2.45) is 0 Å². The second-order valence-electron chi connectivity index (χ2n) is 6.26. The van der Waals surface area contributed by atoms with E-state index in [0.29, 0.717) is 22.4 Å². The number of benzene rings is 2. The van der Waals surface area contributed by atoms with Crippen molar-refractivity contribution < 1.29 is 18.7 Å². The molecule has 0 atom stereocenters. The highest BCUT2D eigenvalue weighted by molar-refractivity contribution is 6.30. The van der Waals surface area contributed by atoms with E-state index in [0.717, 1.165) is 5.56 Å². The zero-order valence-electron chi connectivity index (χ0n) is 16.2. The van der Waals surface area contributed by atoms with Crippen LogP contribution >= 0.6 is 11.6 Å². The van der Waals surface area contributed by atoms with Crippen LogP contribution in [0.1, 0.15) is 5.76 Å². The summed E-state index contributed by atoms with van der Waals surface area (Å²) in [6.07, 6.45) is 3.03. The minimum Gasteiger partial charge on any atom is -0.490 e. The summed E-state index contributed by atoms with van der Waals surface area (Å²) < 4.78 is 17.6. The molecule has 2 aromatic carbocycles. The number of hydrogen-bond donors (Lipinski definition) is 0. The second kappa shape index (κ2) is 9.73. The van der Waals surface area contributed by atoms with Crippen LogP contribution in [0.3, 0.4) is 0 Å². The number of nitrogens with zero attached hydrogens (tertiary/aromatic N) is 4. The van der Waals surface area contributed by atoms with Gasteiger partial charge in [0.25, 0.3) is 0 Å². The lowest BCUT2D eigenvalue weighted by Gasteiger charge is -2.10. The number of ether oxygens (including phenoxy) is 2. The van der Waals surface area contributed by atoms with Crippen LogP contribution in [0.15, 0.2) is 77.4 Å². The van der Waals surface area contributed by atoms with Crippen LogP contribution in [0, 0.1) is 0 Å². The summed E-state index contributed by atoms with van der Waals surface area (Å²) in [5.74, 6) is 0.853. The fourth-order valence-corrected chi connectivity index (χ4v) is 2.86. The summed E-state index contributed by atoms with van der Waals surface area (Å²) in [4.78, 5) is 12.9. The molecule has 2 aromatic heterocycles. The minimum atomic E-state index is -0.624. The summed E-state index contributed by atoms with van der Waals surface area (Å²) in [5, 5.41) is 12.4. The number of halogens is 1. The number of carbonyl (C=O) groups excluding carboxylic acids is 1. The van der Waals surface area contributed by atoms with Gasteiger partial charge in [0.1, 0.15) is 24.7 Å². The van der Waals surface area contributed by atoms with E-state index in [1.165, 1.54) is 17.0 Å². The Hall–Kier alpha value is -3.91. The molecule has 4 rings (SSSR count). The van der Waals surface area contributed by atoms with E-state index in [2.05, 4.69) is 15.5 Å². The van der Waals surface area contributed by atoms with E-state index in [9.17, 15) is 4.79 Å². The van der Waals surface area contributed by atoms with Gasteiger partial charge in [0.15, 0.2) is 11.5 Å². The van der Waals surface area contributed by atoms with Gasteiger partial charge in [0.2, 0.25) is 0 Å². The third kappa shape index (κ3) is 5.18. The summed E-state index contributed by atoms with van der Waals surface area (Å²) in [5.41, 5.74) is 0.849. The molecule has 156 valence electrons. The van der Waals surface area contributed by atoms with E-state index in [4.69, 9.17) is 25.5 Å². The van der Waals surface area contributed by atoms with Crippen molar-refractivity contribution in [3.8, 4) is 17.1 Å². The van der Waals surface area contributed by atoms with Gasteiger partial charge in [-0.3, -0.25) is 0 Å². The maximum atomic E-state index is 12.9. The van der Waals surface area contributed by atoms with Gasteiger partial charge in [-0.25, -0.2) is 4.79 Å². The molecular weight excluding hydrogens is 420 g/mol. The van der Waals surface area contributed by atoms with Crippen LogP contribution in [0.5, 0.6) is 5.75 Å². The van der Waals surface area contributed by atoms with Crippen LogP contribution in [0.25, 0.3) is 23.2 Å². The summed E-state index contributed by atoms with van der Waals surface area (Å²) in [6, 6.07) is 19.6. The molecule has 0 saturated carbocycles. The standard InChI is InChI=1S/C22H17ClN4O4/c23-17-8-10-18(11-9-17)30-13-14-31-22(28)20(15-19-7-4-12-29-19)27-21(24-25-26-27)16-5-2-1-3-6-16/h1-12,15H,13-14H2/b20-15-. The first-order valence-electron chi connectivity index (χ1n) is 9.35. The largest absolute Gasteiger partial charge is 0.490 e. The van der Waals surface area contributed by atoms with Gasteiger partial charge in [0.05, 0.1) is 6.26 Å². The summed E-state index contributed by atoms with van der Waals surface area (Å²) in [7, 11) is 0. The SMILES string of the molecule is O=C(OCCOc1ccc(Cl)cc1)/C(=C/c1ccco1)n1nnnc1-c1ccccc1. The van der Waals surface area contributed by atoms with Gasteiger partial charge in [-0.05, 0) is 46.8 Å². The average Bonchev–Trinajstić information content (AvgIpc) is 3.49. The molecule has 0 N–H and O–H groups in total. The normalized spacial score (nSPS) is 11.3. The van der Waals surface area contributed by atoms with Crippen LogP contribution in [-0.4, -0.2) is 39.4 Å². The molecule has 0 bridgehead atoms. The first kappa shape index (κ1) is 20.4. The Bertz CT molecular complexity index is 1160. The van der Waals surface area contributed by atoms with E-state index in [1.807, 2.05) is 30.3 Å². The lowest BCUT2D eigenvalue weighted by atomic mass is 10.2. The summed E-state index contributed by atoms with van der Waals surface area (Å²) >= 11 is 5.86. The average molecular weight is 437 g/mol. The predicted molar refractivity (Wildman–Crippen MR) is 114 cm³/mol. The van der Waals surface area contributed by atoms with Crippen molar-refractivity contribution in [3.63, 3.8) is 0 Å². The van der Waals surface area contributed by atoms with E-state index in [-0.39, 0.29) is 18.9 Å². The monoisotopic (exact) mass is 436 g/mol. The number of carbonyl (C=O) groups is 1. The van der Waals surface area contributed by atoms with Gasteiger partial charge < -0.3 is 13.9 Å². The fourth-order valence-electron chi connectivity index (χ4n) is 2.73. The topological polar surface area (TPSA) is 92.3 Å². The molecular formula is C22H17ClN4O4. The van der Waals surface area contributed by atoms with Crippen LogP contribution in [0.2, 0.25) is 5.02 Å². The number of tetrazole rings is 1. The van der Waals surface area contributed by atoms with Gasteiger partial charge in [-0.2, -0.15) is 4.68 Å². The zero-order chi connectivity index (χ0) is 21.5. The van der Waals surface area contributed by atoms with Crippen molar-refractivity contribution >= 4 is 29.3 Å². The van der Waals surface area contributed by atoms with Crippen molar-refractivity contribution in [2.75, 3.05) is 13.2 Å². The maximum Gasteiger partial charge on any atom is 0.357 e. The van der Waals surface area contributed by atoms with E-state index < -0.39 is 5.97 Å². The molecule has 0 spiro atoms. The Balaban J connectivity index is 1.51. The Morgan fingerprint density at radius 3 is 2.58 bits per heavy atom. The molecule has 0 amide bonds. The molecule has 0 aliphatic heterocycles. The number of furan rings is 1. The number of rotatable bonds is 8. The fraction of sp³-hybridized carbons (Fsp3) is 0.0909.